The average molecular weight is 293 g/mol. The van der Waals surface area contributed by atoms with Crippen LogP contribution >= 0.6 is 0 Å². The maximum absolute atomic E-state index is 11.6. The fraction of sp³-hybridized carbons (Fsp3) is 0.385. The Labute approximate surface area is 117 Å². The molecule has 1 saturated heterocycles. The molecule has 0 N–H and O–H groups in total. The molecule has 6 nitrogen and oxygen atoms in total. The smallest absolute Gasteiger partial charge is 0.232 e. The average Bonchev–Trinajstić information content (AvgIpc) is 2.87. The van der Waals surface area contributed by atoms with Crippen LogP contribution in [0.3, 0.4) is 0 Å². The maximum atomic E-state index is 11.6. The van der Waals surface area contributed by atoms with E-state index < -0.39 is 10.0 Å². The number of benzene rings is 1. The van der Waals surface area contributed by atoms with E-state index in [0.717, 1.165) is 5.56 Å². The summed E-state index contributed by atoms with van der Waals surface area (Å²) < 4.78 is 30.0. The summed E-state index contributed by atoms with van der Waals surface area (Å²) in [5, 5.41) is 3.94. The van der Waals surface area contributed by atoms with Gasteiger partial charge in [-0.25, -0.2) is 12.7 Å². The molecule has 1 aliphatic heterocycles. The second kappa shape index (κ2) is 4.99. The van der Waals surface area contributed by atoms with Gasteiger partial charge in [-0.1, -0.05) is 35.5 Å². The standard InChI is InChI=1S/C13H15N3O3S/c1-2-20(17,18)16-8-11(9-16)13-14-12(15-19-13)10-6-4-3-5-7-10/h3-7,11H,2,8-9H2,1H3. The van der Waals surface area contributed by atoms with Gasteiger partial charge in [0.05, 0.1) is 11.7 Å². The van der Waals surface area contributed by atoms with Gasteiger partial charge in [-0.05, 0) is 6.92 Å². The minimum absolute atomic E-state index is 0.00119. The molecule has 1 aromatic carbocycles. The lowest BCUT2D eigenvalue weighted by atomic mass is 10.0. The number of hydrogen-bond acceptors (Lipinski definition) is 5. The number of aromatic nitrogens is 2. The molecular weight excluding hydrogens is 278 g/mol. The van der Waals surface area contributed by atoms with E-state index in [1.807, 2.05) is 30.3 Å². The number of hydrogen-bond donors (Lipinski definition) is 0. The Morgan fingerprint density at radius 2 is 2.00 bits per heavy atom. The minimum atomic E-state index is -3.10. The van der Waals surface area contributed by atoms with E-state index in [4.69, 9.17) is 4.52 Å². The summed E-state index contributed by atoms with van der Waals surface area (Å²) in [5.74, 6) is 1.17. The molecule has 1 aliphatic rings. The predicted octanol–water partition coefficient (Wildman–Crippen LogP) is 1.49. The van der Waals surface area contributed by atoms with E-state index >= 15 is 0 Å². The monoisotopic (exact) mass is 293 g/mol. The summed E-state index contributed by atoms with van der Waals surface area (Å²) in [6, 6.07) is 9.55. The molecule has 0 saturated carbocycles. The molecule has 106 valence electrons. The number of nitrogens with zero attached hydrogens (tertiary/aromatic N) is 3. The summed E-state index contributed by atoms with van der Waals surface area (Å²) >= 11 is 0. The molecule has 0 unspecified atom stereocenters. The van der Waals surface area contributed by atoms with Crippen molar-refractivity contribution in [3.63, 3.8) is 0 Å². The van der Waals surface area contributed by atoms with Crippen molar-refractivity contribution < 1.29 is 12.9 Å². The Kier molecular flexibility index (Phi) is 3.31. The van der Waals surface area contributed by atoms with Crippen LogP contribution in [0.25, 0.3) is 11.4 Å². The summed E-state index contributed by atoms with van der Waals surface area (Å²) in [4.78, 5) is 4.35. The quantitative estimate of drug-likeness (QED) is 0.853. The fourth-order valence-electron chi connectivity index (χ4n) is 2.11. The zero-order valence-corrected chi connectivity index (χ0v) is 11.9. The van der Waals surface area contributed by atoms with Gasteiger partial charge in [0.2, 0.25) is 21.7 Å². The van der Waals surface area contributed by atoms with Gasteiger partial charge in [0.25, 0.3) is 0 Å². The van der Waals surface area contributed by atoms with Crippen molar-refractivity contribution in [1.29, 1.82) is 0 Å². The largest absolute Gasteiger partial charge is 0.339 e. The van der Waals surface area contributed by atoms with Gasteiger partial charge in [-0.3, -0.25) is 0 Å². The molecule has 20 heavy (non-hydrogen) atoms. The Morgan fingerprint density at radius 1 is 1.30 bits per heavy atom. The number of rotatable bonds is 4. The van der Waals surface area contributed by atoms with Crippen molar-refractivity contribution in [3.8, 4) is 11.4 Å². The molecule has 1 fully saturated rings. The molecule has 0 spiro atoms. The normalized spacial score (nSPS) is 17.1. The second-order valence-electron chi connectivity index (χ2n) is 4.74. The van der Waals surface area contributed by atoms with Gasteiger partial charge in [0, 0.05) is 18.7 Å². The van der Waals surface area contributed by atoms with Crippen molar-refractivity contribution in [2.45, 2.75) is 12.8 Å². The first kappa shape index (κ1) is 13.3. The third-order valence-corrected chi connectivity index (χ3v) is 5.24. The summed E-state index contributed by atoms with van der Waals surface area (Å²) in [6.45, 7) is 2.49. The van der Waals surface area contributed by atoms with E-state index in [9.17, 15) is 8.42 Å². The van der Waals surface area contributed by atoms with Crippen molar-refractivity contribution in [2.24, 2.45) is 0 Å². The van der Waals surface area contributed by atoms with E-state index in [0.29, 0.717) is 24.8 Å². The van der Waals surface area contributed by atoms with Crippen LogP contribution in [0.2, 0.25) is 0 Å². The SMILES string of the molecule is CCS(=O)(=O)N1CC(c2nc(-c3ccccc3)no2)C1. The van der Waals surface area contributed by atoms with Gasteiger partial charge in [0.15, 0.2) is 0 Å². The van der Waals surface area contributed by atoms with E-state index in [2.05, 4.69) is 10.1 Å². The highest BCUT2D eigenvalue weighted by Gasteiger charge is 2.38. The third kappa shape index (κ3) is 2.34. The fourth-order valence-corrected chi connectivity index (χ4v) is 3.29. The Bertz CT molecular complexity index is 691. The van der Waals surface area contributed by atoms with Crippen LogP contribution in [0.4, 0.5) is 0 Å². The lowest BCUT2D eigenvalue weighted by molar-refractivity contribution is 0.217. The van der Waals surface area contributed by atoms with Crippen LogP contribution in [-0.2, 0) is 10.0 Å². The predicted molar refractivity (Wildman–Crippen MR) is 73.5 cm³/mol. The van der Waals surface area contributed by atoms with Gasteiger partial charge in [-0.15, -0.1) is 0 Å². The van der Waals surface area contributed by atoms with Gasteiger partial charge in [-0.2, -0.15) is 4.98 Å². The molecule has 1 aromatic heterocycles. The van der Waals surface area contributed by atoms with Crippen molar-refractivity contribution in [1.82, 2.24) is 14.4 Å². The highest BCUT2D eigenvalue weighted by molar-refractivity contribution is 7.89. The summed E-state index contributed by atoms with van der Waals surface area (Å²) in [6.07, 6.45) is 0. The van der Waals surface area contributed by atoms with Crippen molar-refractivity contribution in [2.75, 3.05) is 18.8 Å². The molecule has 2 heterocycles. The first-order valence-electron chi connectivity index (χ1n) is 6.47. The van der Waals surface area contributed by atoms with Crippen LogP contribution in [0.1, 0.15) is 18.7 Å². The molecular formula is C13H15N3O3S. The minimum Gasteiger partial charge on any atom is -0.339 e. The highest BCUT2D eigenvalue weighted by Crippen LogP contribution is 2.29. The van der Waals surface area contributed by atoms with E-state index in [1.165, 1.54) is 4.31 Å². The molecule has 7 heteroatoms. The zero-order valence-electron chi connectivity index (χ0n) is 11.1. The lowest BCUT2D eigenvalue weighted by Gasteiger charge is -2.35. The molecule has 0 atom stereocenters. The summed E-state index contributed by atoms with van der Waals surface area (Å²) in [7, 11) is -3.10. The van der Waals surface area contributed by atoms with Crippen molar-refractivity contribution in [3.05, 3.63) is 36.2 Å². The first-order chi connectivity index (χ1) is 9.60. The Hall–Kier alpha value is -1.73. The van der Waals surface area contributed by atoms with Crippen LogP contribution < -0.4 is 0 Å². The van der Waals surface area contributed by atoms with Gasteiger partial charge in [0.1, 0.15) is 0 Å². The Morgan fingerprint density at radius 3 is 2.65 bits per heavy atom. The molecule has 3 rings (SSSR count). The van der Waals surface area contributed by atoms with E-state index in [-0.39, 0.29) is 11.7 Å². The molecule has 0 radical (unpaired) electrons. The van der Waals surface area contributed by atoms with Crippen molar-refractivity contribution >= 4 is 10.0 Å². The van der Waals surface area contributed by atoms with Gasteiger partial charge >= 0.3 is 0 Å². The van der Waals surface area contributed by atoms with Crippen LogP contribution in [-0.4, -0.2) is 41.7 Å². The first-order valence-corrected chi connectivity index (χ1v) is 8.08. The molecule has 2 aromatic rings. The maximum Gasteiger partial charge on any atom is 0.232 e. The van der Waals surface area contributed by atoms with Crippen LogP contribution in [0.5, 0.6) is 0 Å². The van der Waals surface area contributed by atoms with Gasteiger partial charge < -0.3 is 4.52 Å². The molecule has 0 aliphatic carbocycles. The third-order valence-electron chi connectivity index (χ3n) is 3.43. The van der Waals surface area contributed by atoms with E-state index in [1.54, 1.807) is 6.92 Å². The Balaban J connectivity index is 1.71. The lowest BCUT2D eigenvalue weighted by Crippen LogP contribution is -2.49. The molecule has 0 amide bonds. The van der Waals surface area contributed by atoms with Crippen LogP contribution in [0.15, 0.2) is 34.9 Å². The zero-order chi connectivity index (χ0) is 14.2. The summed E-state index contributed by atoms with van der Waals surface area (Å²) in [5.41, 5.74) is 0.889. The molecule has 0 bridgehead atoms. The topological polar surface area (TPSA) is 76.3 Å². The number of sulfonamides is 1. The highest BCUT2D eigenvalue weighted by atomic mass is 32.2. The van der Waals surface area contributed by atoms with Crippen LogP contribution in [0, 0.1) is 0 Å². The second-order valence-corrected chi connectivity index (χ2v) is 6.99.